The summed E-state index contributed by atoms with van der Waals surface area (Å²) in [5.74, 6) is -0.776. The zero-order valence-corrected chi connectivity index (χ0v) is 17.4. The summed E-state index contributed by atoms with van der Waals surface area (Å²) < 4.78 is 0. The summed E-state index contributed by atoms with van der Waals surface area (Å²) in [5.41, 5.74) is 6.67. The first kappa shape index (κ1) is 19.8. The van der Waals surface area contributed by atoms with Crippen LogP contribution in [0.15, 0.2) is 36.4 Å². The summed E-state index contributed by atoms with van der Waals surface area (Å²) >= 11 is 0. The molecule has 3 heterocycles. The van der Waals surface area contributed by atoms with Crippen molar-refractivity contribution in [3.05, 3.63) is 64.2 Å². The molecule has 0 aromatic heterocycles. The van der Waals surface area contributed by atoms with Crippen molar-refractivity contribution in [2.45, 2.75) is 51.4 Å². The molecule has 1 fully saturated rings. The van der Waals surface area contributed by atoms with Gasteiger partial charge in [-0.05, 0) is 53.6 Å². The van der Waals surface area contributed by atoms with E-state index < -0.39 is 6.04 Å². The maximum absolute atomic E-state index is 12.8. The Bertz CT molecular complexity index is 1060. The van der Waals surface area contributed by atoms with Crippen LogP contribution in [0.1, 0.15) is 51.9 Å². The van der Waals surface area contributed by atoms with Gasteiger partial charge in [0.1, 0.15) is 6.04 Å². The first-order valence-corrected chi connectivity index (χ1v) is 10.9. The number of piperidine rings is 1. The number of nitrogens with zero attached hydrogens (tertiary/aromatic N) is 1. The second kappa shape index (κ2) is 8.15. The fourth-order valence-corrected chi connectivity index (χ4v) is 4.83. The maximum Gasteiger partial charge on any atom is 0.255 e. The summed E-state index contributed by atoms with van der Waals surface area (Å²) in [4.78, 5) is 38.0. The Morgan fingerprint density at radius 2 is 1.97 bits per heavy atom. The Labute approximate surface area is 181 Å². The standard InChI is InChI=1S/C24H26N4O3/c29-22-9-8-21(23(30)27-22)28-14-17-11-15(6-7-19(17)24(28)31)12-25-13-16-3-1-5-20-18(16)4-2-10-26-20/h1,3,5-7,11,21,25-26H,2,4,8-10,12-14H2,(H,27,29,30). The average molecular weight is 418 g/mol. The molecule has 0 saturated carbocycles. The van der Waals surface area contributed by atoms with Crippen molar-refractivity contribution in [3.63, 3.8) is 0 Å². The summed E-state index contributed by atoms with van der Waals surface area (Å²) in [5, 5.41) is 9.34. The molecule has 0 aliphatic carbocycles. The first-order chi connectivity index (χ1) is 15.1. The Hall–Kier alpha value is -3.19. The van der Waals surface area contributed by atoms with E-state index in [0.29, 0.717) is 25.1 Å². The maximum atomic E-state index is 12.8. The van der Waals surface area contributed by atoms with Gasteiger partial charge in [0, 0.05) is 43.9 Å². The predicted molar refractivity (Wildman–Crippen MR) is 116 cm³/mol. The molecule has 31 heavy (non-hydrogen) atoms. The van der Waals surface area contributed by atoms with Crippen LogP contribution < -0.4 is 16.0 Å². The van der Waals surface area contributed by atoms with Crippen molar-refractivity contribution in [1.29, 1.82) is 0 Å². The Morgan fingerprint density at radius 3 is 2.84 bits per heavy atom. The minimum atomic E-state index is -0.572. The fourth-order valence-electron chi connectivity index (χ4n) is 4.83. The normalized spacial score (nSPS) is 20.2. The van der Waals surface area contributed by atoms with Gasteiger partial charge in [-0.2, -0.15) is 0 Å². The van der Waals surface area contributed by atoms with E-state index in [4.69, 9.17) is 0 Å². The Balaban J connectivity index is 1.24. The first-order valence-electron chi connectivity index (χ1n) is 10.9. The van der Waals surface area contributed by atoms with Gasteiger partial charge in [0.2, 0.25) is 11.8 Å². The molecule has 2 aromatic rings. The molecule has 160 valence electrons. The van der Waals surface area contributed by atoms with Gasteiger partial charge < -0.3 is 15.5 Å². The van der Waals surface area contributed by atoms with E-state index >= 15 is 0 Å². The largest absolute Gasteiger partial charge is 0.385 e. The van der Waals surface area contributed by atoms with Crippen molar-refractivity contribution in [2.75, 3.05) is 11.9 Å². The Morgan fingerprint density at radius 1 is 1.06 bits per heavy atom. The minimum Gasteiger partial charge on any atom is -0.385 e. The predicted octanol–water partition coefficient (Wildman–Crippen LogP) is 2.10. The third-order valence-electron chi connectivity index (χ3n) is 6.42. The van der Waals surface area contributed by atoms with Crippen LogP contribution in [0.25, 0.3) is 0 Å². The Kier molecular flexibility index (Phi) is 5.19. The molecule has 1 atom stereocenters. The van der Waals surface area contributed by atoms with Crippen molar-refractivity contribution in [1.82, 2.24) is 15.5 Å². The molecular formula is C24H26N4O3. The number of carbonyl (C=O) groups excluding carboxylic acids is 3. The average Bonchev–Trinajstić information content (AvgIpc) is 3.09. The molecule has 7 nitrogen and oxygen atoms in total. The fraction of sp³-hybridized carbons (Fsp3) is 0.375. The van der Waals surface area contributed by atoms with Crippen molar-refractivity contribution >= 4 is 23.4 Å². The van der Waals surface area contributed by atoms with E-state index in [1.54, 1.807) is 4.90 Å². The number of carbonyl (C=O) groups is 3. The van der Waals surface area contributed by atoms with Gasteiger partial charge >= 0.3 is 0 Å². The number of imide groups is 1. The van der Waals surface area contributed by atoms with Crippen LogP contribution in [0.2, 0.25) is 0 Å². The van der Waals surface area contributed by atoms with Crippen LogP contribution >= 0.6 is 0 Å². The molecule has 7 heteroatoms. The number of hydrogen-bond acceptors (Lipinski definition) is 5. The lowest BCUT2D eigenvalue weighted by atomic mass is 9.97. The highest BCUT2D eigenvalue weighted by Gasteiger charge is 2.39. The van der Waals surface area contributed by atoms with E-state index in [1.165, 1.54) is 16.8 Å². The van der Waals surface area contributed by atoms with Gasteiger partial charge in [0.05, 0.1) is 0 Å². The number of nitrogens with one attached hydrogen (secondary N) is 3. The number of anilines is 1. The summed E-state index contributed by atoms with van der Waals surface area (Å²) in [6.45, 7) is 2.94. The van der Waals surface area contributed by atoms with Crippen LogP contribution in [-0.4, -0.2) is 35.2 Å². The van der Waals surface area contributed by atoms with E-state index in [2.05, 4.69) is 34.1 Å². The number of rotatable bonds is 5. The van der Waals surface area contributed by atoms with Crippen LogP contribution in [0, 0.1) is 0 Å². The number of fused-ring (bicyclic) bond motifs is 2. The highest BCUT2D eigenvalue weighted by atomic mass is 16.2. The lowest BCUT2D eigenvalue weighted by molar-refractivity contribution is -0.136. The van der Waals surface area contributed by atoms with Crippen molar-refractivity contribution in [3.8, 4) is 0 Å². The molecule has 1 saturated heterocycles. The van der Waals surface area contributed by atoms with E-state index in [0.717, 1.165) is 37.1 Å². The molecule has 3 aliphatic rings. The monoisotopic (exact) mass is 418 g/mol. The highest BCUT2D eigenvalue weighted by Crippen LogP contribution is 2.28. The van der Waals surface area contributed by atoms with E-state index in [9.17, 15) is 14.4 Å². The molecule has 3 aliphatic heterocycles. The van der Waals surface area contributed by atoms with E-state index in [1.807, 2.05) is 18.2 Å². The van der Waals surface area contributed by atoms with Crippen LogP contribution in [0.4, 0.5) is 5.69 Å². The van der Waals surface area contributed by atoms with Crippen molar-refractivity contribution < 1.29 is 14.4 Å². The molecule has 3 N–H and O–H groups in total. The quantitative estimate of drug-likeness (QED) is 0.647. The molecule has 1 unspecified atom stereocenters. The third-order valence-corrected chi connectivity index (χ3v) is 6.42. The van der Waals surface area contributed by atoms with Gasteiger partial charge in [0.15, 0.2) is 0 Å². The number of hydrogen-bond donors (Lipinski definition) is 3. The third kappa shape index (κ3) is 3.81. The van der Waals surface area contributed by atoms with Crippen LogP contribution in [-0.2, 0) is 35.6 Å². The topological polar surface area (TPSA) is 90.5 Å². The lowest BCUT2D eigenvalue weighted by Gasteiger charge is -2.29. The summed E-state index contributed by atoms with van der Waals surface area (Å²) in [6, 6.07) is 11.7. The minimum absolute atomic E-state index is 0.132. The van der Waals surface area contributed by atoms with Gasteiger partial charge in [-0.15, -0.1) is 0 Å². The van der Waals surface area contributed by atoms with Crippen LogP contribution in [0.5, 0.6) is 0 Å². The zero-order valence-electron chi connectivity index (χ0n) is 17.4. The molecule has 3 amide bonds. The molecule has 2 aromatic carbocycles. The van der Waals surface area contributed by atoms with E-state index in [-0.39, 0.29) is 24.1 Å². The van der Waals surface area contributed by atoms with Gasteiger partial charge in [-0.25, -0.2) is 0 Å². The smallest absolute Gasteiger partial charge is 0.255 e. The van der Waals surface area contributed by atoms with Gasteiger partial charge in [-0.1, -0.05) is 24.3 Å². The van der Waals surface area contributed by atoms with Gasteiger partial charge in [-0.3, -0.25) is 19.7 Å². The number of amides is 3. The van der Waals surface area contributed by atoms with Gasteiger partial charge in [0.25, 0.3) is 5.91 Å². The molecular weight excluding hydrogens is 392 g/mol. The highest BCUT2D eigenvalue weighted by molar-refractivity contribution is 6.05. The summed E-state index contributed by atoms with van der Waals surface area (Å²) in [6.07, 6.45) is 2.92. The zero-order chi connectivity index (χ0) is 21.4. The molecule has 5 rings (SSSR count). The van der Waals surface area contributed by atoms with Crippen LogP contribution in [0.3, 0.4) is 0 Å². The lowest BCUT2D eigenvalue weighted by Crippen LogP contribution is -2.52. The molecule has 0 radical (unpaired) electrons. The SMILES string of the molecule is O=C1CCC(N2Cc3cc(CNCc4cccc5c4CCCN5)ccc3C2=O)C(=O)N1. The second-order valence-electron chi connectivity index (χ2n) is 8.47. The molecule has 0 spiro atoms. The number of benzene rings is 2. The molecule has 0 bridgehead atoms. The van der Waals surface area contributed by atoms with Crippen molar-refractivity contribution in [2.24, 2.45) is 0 Å². The summed E-state index contributed by atoms with van der Waals surface area (Å²) in [7, 11) is 0. The second-order valence-corrected chi connectivity index (χ2v) is 8.47.